The van der Waals surface area contributed by atoms with E-state index in [1.807, 2.05) is 20.8 Å². The van der Waals surface area contributed by atoms with E-state index in [9.17, 15) is 9.59 Å². The van der Waals surface area contributed by atoms with Gasteiger partial charge < -0.3 is 19.7 Å². The van der Waals surface area contributed by atoms with Crippen molar-refractivity contribution in [1.82, 2.24) is 10.2 Å². The molecule has 2 atom stereocenters. The Kier molecular flexibility index (Phi) is 3.95. The van der Waals surface area contributed by atoms with Gasteiger partial charge in [0.2, 0.25) is 0 Å². The number of carbonyl (C=O) groups is 2. The van der Waals surface area contributed by atoms with Crippen LogP contribution in [0.2, 0.25) is 0 Å². The summed E-state index contributed by atoms with van der Waals surface area (Å²) in [6.45, 7) is 7.42. The molecule has 0 radical (unpaired) electrons. The quantitative estimate of drug-likeness (QED) is 0.732. The van der Waals surface area contributed by atoms with Gasteiger partial charge in [0, 0.05) is 13.1 Å². The Labute approximate surface area is 119 Å². The van der Waals surface area contributed by atoms with Crippen LogP contribution in [0.5, 0.6) is 0 Å². The minimum atomic E-state index is -0.621. The Morgan fingerprint density at radius 2 is 2.05 bits per heavy atom. The highest BCUT2D eigenvalue weighted by Crippen LogP contribution is 2.41. The topological polar surface area (TPSA) is 67.9 Å². The Bertz CT molecular complexity index is 404. The van der Waals surface area contributed by atoms with Crippen LogP contribution in [-0.4, -0.2) is 55.3 Å². The maximum Gasteiger partial charge on any atom is 0.410 e. The smallest absolute Gasteiger partial charge is 0.410 e. The van der Waals surface area contributed by atoms with Crippen molar-refractivity contribution in [3.05, 3.63) is 0 Å². The molecule has 2 rings (SSSR count). The molecule has 2 fully saturated rings. The summed E-state index contributed by atoms with van der Waals surface area (Å²) in [5.74, 6) is -0.235. The molecule has 2 aliphatic rings. The lowest BCUT2D eigenvalue weighted by Crippen LogP contribution is -2.57. The van der Waals surface area contributed by atoms with E-state index >= 15 is 0 Å². The standard InChI is InChI=1S/C14H24N2O4/c1-13(2,3)20-12(18)16-8-6-14(11(17)19-4)9-15-7-5-10(14)16/h10,15H,5-9H2,1-4H3. The number of nitrogens with zero attached hydrogens (tertiary/aromatic N) is 1. The number of piperidine rings is 1. The van der Waals surface area contributed by atoms with Gasteiger partial charge in [-0.15, -0.1) is 0 Å². The number of carbonyl (C=O) groups excluding carboxylic acids is 2. The lowest BCUT2D eigenvalue weighted by molar-refractivity contribution is -0.155. The van der Waals surface area contributed by atoms with Crippen LogP contribution in [-0.2, 0) is 14.3 Å². The van der Waals surface area contributed by atoms with Crippen LogP contribution in [0.3, 0.4) is 0 Å². The molecule has 0 bridgehead atoms. The highest BCUT2D eigenvalue weighted by molar-refractivity contribution is 5.81. The van der Waals surface area contributed by atoms with Crippen molar-refractivity contribution in [3.8, 4) is 0 Å². The van der Waals surface area contributed by atoms with Gasteiger partial charge in [0.1, 0.15) is 11.0 Å². The summed E-state index contributed by atoms with van der Waals surface area (Å²) in [6.07, 6.45) is 1.03. The van der Waals surface area contributed by atoms with Gasteiger partial charge in [-0.1, -0.05) is 0 Å². The zero-order valence-electron chi connectivity index (χ0n) is 12.7. The van der Waals surface area contributed by atoms with Gasteiger partial charge in [-0.25, -0.2) is 4.79 Å². The predicted molar refractivity (Wildman–Crippen MR) is 73.3 cm³/mol. The molecule has 20 heavy (non-hydrogen) atoms. The average Bonchev–Trinajstić information content (AvgIpc) is 2.76. The molecular formula is C14H24N2O4. The third kappa shape index (κ3) is 2.61. The third-order valence-corrected chi connectivity index (χ3v) is 4.07. The predicted octanol–water partition coefficient (Wildman–Crippen LogP) is 1.15. The molecule has 6 nitrogen and oxygen atoms in total. The van der Waals surface area contributed by atoms with E-state index in [1.165, 1.54) is 7.11 Å². The number of rotatable bonds is 1. The van der Waals surface area contributed by atoms with Crippen LogP contribution in [0.4, 0.5) is 4.79 Å². The van der Waals surface area contributed by atoms with E-state index < -0.39 is 11.0 Å². The number of ether oxygens (including phenoxy) is 2. The Balaban J connectivity index is 2.18. The second-order valence-electron chi connectivity index (χ2n) is 6.55. The Morgan fingerprint density at radius 1 is 1.35 bits per heavy atom. The highest BCUT2D eigenvalue weighted by atomic mass is 16.6. The summed E-state index contributed by atoms with van der Waals surface area (Å²) in [5, 5.41) is 3.24. The zero-order valence-corrected chi connectivity index (χ0v) is 12.7. The molecule has 0 aromatic carbocycles. The molecule has 114 valence electrons. The van der Waals surface area contributed by atoms with Gasteiger partial charge in [0.25, 0.3) is 0 Å². The summed E-state index contributed by atoms with van der Waals surface area (Å²) in [7, 11) is 1.40. The molecule has 2 unspecified atom stereocenters. The van der Waals surface area contributed by atoms with Crippen molar-refractivity contribution < 1.29 is 19.1 Å². The largest absolute Gasteiger partial charge is 0.468 e. The fourth-order valence-electron chi connectivity index (χ4n) is 3.18. The first-order valence-electron chi connectivity index (χ1n) is 7.09. The van der Waals surface area contributed by atoms with E-state index in [0.717, 1.165) is 13.0 Å². The molecule has 2 aliphatic heterocycles. The van der Waals surface area contributed by atoms with E-state index in [-0.39, 0.29) is 18.1 Å². The van der Waals surface area contributed by atoms with Gasteiger partial charge >= 0.3 is 12.1 Å². The number of nitrogens with one attached hydrogen (secondary N) is 1. The van der Waals surface area contributed by atoms with E-state index in [4.69, 9.17) is 9.47 Å². The average molecular weight is 284 g/mol. The van der Waals surface area contributed by atoms with Crippen molar-refractivity contribution in [1.29, 1.82) is 0 Å². The summed E-state index contributed by atoms with van der Waals surface area (Å²) in [6, 6.07) is -0.133. The van der Waals surface area contributed by atoms with Crippen LogP contribution in [0.25, 0.3) is 0 Å². The minimum absolute atomic E-state index is 0.133. The van der Waals surface area contributed by atoms with Crippen molar-refractivity contribution in [3.63, 3.8) is 0 Å². The maximum absolute atomic E-state index is 12.3. The lowest BCUT2D eigenvalue weighted by Gasteiger charge is -2.39. The van der Waals surface area contributed by atoms with Crippen LogP contribution in [0.1, 0.15) is 33.6 Å². The molecule has 2 heterocycles. The molecule has 1 amide bonds. The van der Waals surface area contributed by atoms with Gasteiger partial charge in [0.15, 0.2) is 0 Å². The molecule has 0 aromatic rings. The number of likely N-dealkylation sites (tertiary alicyclic amines) is 1. The highest BCUT2D eigenvalue weighted by Gasteiger charge is 2.56. The van der Waals surface area contributed by atoms with E-state index in [0.29, 0.717) is 19.5 Å². The molecule has 2 saturated heterocycles. The fraction of sp³-hybridized carbons (Fsp3) is 0.857. The lowest BCUT2D eigenvalue weighted by atomic mass is 9.76. The number of amides is 1. The number of hydrogen-bond donors (Lipinski definition) is 1. The summed E-state index contributed by atoms with van der Waals surface area (Å²) >= 11 is 0. The number of esters is 1. The first-order chi connectivity index (χ1) is 9.30. The maximum atomic E-state index is 12.3. The molecule has 0 spiro atoms. The first kappa shape index (κ1) is 15.1. The summed E-state index contributed by atoms with van der Waals surface area (Å²) < 4.78 is 10.4. The van der Waals surface area contributed by atoms with Crippen molar-refractivity contribution in [2.75, 3.05) is 26.7 Å². The molecular weight excluding hydrogens is 260 g/mol. The van der Waals surface area contributed by atoms with Crippen LogP contribution in [0, 0.1) is 5.41 Å². The Hall–Kier alpha value is -1.30. The molecule has 0 aromatic heterocycles. The van der Waals surface area contributed by atoms with Gasteiger partial charge in [-0.2, -0.15) is 0 Å². The fourth-order valence-corrected chi connectivity index (χ4v) is 3.18. The second-order valence-corrected chi connectivity index (χ2v) is 6.55. The zero-order chi connectivity index (χ0) is 15.0. The second kappa shape index (κ2) is 5.24. The Morgan fingerprint density at radius 3 is 2.65 bits per heavy atom. The van der Waals surface area contributed by atoms with Gasteiger partial charge in [-0.3, -0.25) is 4.79 Å². The molecule has 0 saturated carbocycles. The molecule has 0 aliphatic carbocycles. The first-order valence-corrected chi connectivity index (χ1v) is 7.09. The minimum Gasteiger partial charge on any atom is -0.468 e. The summed E-state index contributed by atoms with van der Waals surface area (Å²) in [4.78, 5) is 26.2. The third-order valence-electron chi connectivity index (χ3n) is 4.07. The number of methoxy groups -OCH3 is 1. The van der Waals surface area contributed by atoms with Gasteiger partial charge in [0.05, 0.1) is 13.2 Å². The molecule has 6 heteroatoms. The molecule has 1 N–H and O–H groups in total. The van der Waals surface area contributed by atoms with Gasteiger partial charge in [-0.05, 0) is 40.2 Å². The number of fused-ring (bicyclic) bond motifs is 1. The van der Waals surface area contributed by atoms with Crippen molar-refractivity contribution in [2.24, 2.45) is 5.41 Å². The van der Waals surface area contributed by atoms with Crippen molar-refractivity contribution in [2.45, 2.75) is 45.3 Å². The van der Waals surface area contributed by atoms with E-state index in [2.05, 4.69) is 5.32 Å². The monoisotopic (exact) mass is 284 g/mol. The summed E-state index contributed by atoms with van der Waals surface area (Å²) in [5.41, 5.74) is -1.15. The normalized spacial score (nSPS) is 29.8. The van der Waals surface area contributed by atoms with Crippen LogP contribution < -0.4 is 5.32 Å². The number of hydrogen-bond acceptors (Lipinski definition) is 5. The SMILES string of the molecule is COC(=O)C12CCN(C(=O)OC(C)(C)C)C1CCNC2. The van der Waals surface area contributed by atoms with Crippen molar-refractivity contribution >= 4 is 12.1 Å². The van der Waals surface area contributed by atoms with Crippen LogP contribution >= 0.6 is 0 Å². The van der Waals surface area contributed by atoms with E-state index in [1.54, 1.807) is 4.90 Å². The van der Waals surface area contributed by atoms with Crippen LogP contribution in [0.15, 0.2) is 0 Å².